The molecule has 1 saturated carbocycles. The molecule has 31 heavy (non-hydrogen) atoms. The van der Waals surface area contributed by atoms with Crippen molar-refractivity contribution < 1.29 is 24.1 Å². The van der Waals surface area contributed by atoms with E-state index < -0.39 is 6.10 Å². The number of hydrogen-bond acceptors (Lipinski definition) is 6. The predicted octanol–water partition coefficient (Wildman–Crippen LogP) is 2.77. The third-order valence-corrected chi connectivity index (χ3v) is 6.61. The van der Waals surface area contributed by atoms with Gasteiger partial charge in [0.25, 0.3) is 5.91 Å². The Bertz CT molecular complexity index is 978. The van der Waals surface area contributed by atoms with Crippen LogP contribution >= 0.6 is 0 Å². The second-order valence-corrected chi connectivity index (χ2v) is 8.89. The van der Waals surface area contributed by atoms with Gasteiger partial charge in [-0.1, -0.05) is 6.07 Å². The van der Waals surface area contributed by atoms with E-state index in [-0.39, 0.29) is 18.8 Å². The van der Waals surface area contributed by atoms with E-state index in [1.165, 1.54) is 0 Å². The van der Waals surface area contributed by atoms with Crippen molar-refractivity contribution >= 4 is 11.6 Å². The van der Waals surface area contributed by atoms with Gasteiger partial charge in [-0.05, 0) is 55.0 Å². The maximum absolute atomic E-state index is 13.1. The number of aliphatic hydroxyl groups excluding tert-OH is 1. The molecule has 0 bridgehead atoms. The largest absolute Gasteiger partial charge is 0.488 e. The van der Waals surface area contributed by atoms with E-state index in [0.717, 1.165) is 12.1 Å². The molecule has 164 valence electrons. The van der Waals surface area contributed by atoms with Crippen LogP contribution in [0.1, 0.15) is 23.2 Å². The van der Waals surface area contributed by atoms with Gasteiger partial charge in [0.1, 0.15) is 11.9 Å². The number of anilines is 1. The van der Waals surface area contributed by atoms with Gasteiger partial charge in [0, 0.05) is 44.5 Å². The van der Waals surface area contributed by atoms with Crippen LogP contribution in [0.15, 0.2) is 42.5 Å². The summed E-state index contributed by atoms with van der Waals surface area (Å²) in [5.41, 5.74) is 1.72. The molecule has 1 amide bonds. The van der Waals surface area contributed by atoms with E-state index >= 15 is 0 Å². The van der Waals surface area contributed by atoms with Crippen molar-refractivity contribution in [2.24, 2.45) is 11.8 Å². The molecule has 5 rings (SSSR count). The van der Waals surface area contributed by atoms with E-state index in [1.807, 2.05) is 66.4 Å². The van der Waals surface area contributed by atoms with E-state index in [0.29, 0.717) is 54.2 Å². The second kappa shape index (κ2) is 7.96. The number of benzene rings is 2. The first kappa shape index (κ1) is 20.0. The zero-order valence-electron chi connectivity index (χ0n) is 17.9. The zero-order chi connectivity index (χ0) is 21.5. The SMILES string of the molecule is CN(C)c1cccc(C(=O)N2C[C@H]3C[C@@H](Oc4ccc5c(c4)OCO5)[C@H](O)C[C@H]3C2)c1. The minimum Gasteiger partial charge on any atom is -0.488 e. The van der Waals surface area contributed by atoms with Crippen molar-refractivity contribution in [3.8, 4) is 17.2 Å². The molecule has 1 aliphatic carbocycles. The van der Waals surface area contributed by atoms with Crippen LogP contribution in [-0.4, -0.2) is 62.1 Å². The molecular formula is C24H28N2O5. The minimum atomic E-state index is -0.557. The number of ether oxygens (including phenoxy) is 3. The molecular weight excluding hydrogens is 396 g/mol. The van der Waals surface area contributed by atoms with Crippen LogP contribution in [0.3, 0.4) is 0 Å². The zero-order valence-corrected chi connectivity index (χ0v) is 17.9. The summed E-state index contributed by atoms with van der Waals surface area (Å²) in [6, 6.07) is 13.2. The van der Waals surface area contributed by atoms with Crippen molar-refractivity contribution in [1.29, 1.82) is 0 Å². The first-order valence-corrected chi connectivity index (χ1v) is 10.8. The van der Waals surface area contributed by atoms with Gasteiger partial charge in [0.15, 0.2) is 11.5 Å². The van der Waals surface area contributed by atoms with Crippen LogP contribution < -0.4 is 19.1 Å². The molecule has 2 heterocycles. The lowest BCUT2D eigenvalue weighted by atomic mass is 9.78. The van der Waals surface area contributed by atoms with Gasteiger partial charge in [-0.15, -0.1) is 0 Å². The van der Waals surface area contributed by atoms with Crippen LogP contribution in [-0.2, 0) is 0 Å². The molecule has 1 saturated heterocycles. The molecule has 1 N–H and O–H groups in total. The normalized spacial score (nSPS) is 26.5. The van der Waals surface area contributed by atoms with Crippen LogP contribution in [0.25, 0.3) is 0 Å². The Balaban J connectivity index is 1.25. The second-order valence-electron chi connectivity index (χ2n) is 8.89. The lowest BCUT2D eigenvalue weighted by molar-refractivity contribution is -0.0232. The highest BCUT2D eigenvalue weighted by Gasteiger charge is 2.44. The molecule has 0 radical (unpaired) electrons. The highest BCUT2D eigenvalue weighted by Crippen LogP contribution is 2.40. The van der Waals surface area contributed by atoms with E-state index in [4.69, 9.17) is 14.2 Å². The predicted molar refractivity (Wildman–Crippen MR) is 116 cm³/mol. The van der Waals surface area contributed by atoms with Gasteiger partial charge in [0.05, 0.1) is 6.10 Å². The molecule has 2 aromatic rings. The van der Waals surface area contributed by atoms with Crippen molar-refractivity contribution in [2.75, 3.05) is 38.9 Å². The Kier molecular flexibility index (Phi) is 5.14. The number of hydrogen-bond donors (Lipinski definition) is 1. The van der Waals surface area contributed by atoms with E-state index in [2.05, 4.69) is 0 Å². The van der Waals surface area contributed by atoms with E-state index in [1.54, 1.807) is 0 Å². The summed E-state index contributed by atoms with van der Waals surface area (Å²) in [5, 5.41) is 10.7. The number of carbonyl (C=O) groups excluding carboxylic acids is 1. The van der Waals surface area contributed by atoms with Crippen molar-refractivity contribution in [3.05, 3.63) is 48.0 Å². The number of nitrogens with zero attached hydrogens (tertiary/aromatic N) is 2. The smallest absolute Gasteiger partial charge is 0.253 e. The minimum absolute atomic E-state index is 0.0563. The Morgan fingerprint density at radius 2 is 1.84 bits per heavy atom. The number of likely N-dealkylation sites (tertiary alicyclic amines) is 1. The Morgan fingerprint density at radius 1 is 1.06 bits per heavy atom. The monoisotopic (exact) mass is 424 g/mol. The number of rotatable bonds is 4. The molecule has 3 aliphatic rings. The molecule has 2 aromatic carbocycles. The standard InChI is InChI=1S/C24H28N2O5/c1-25(2)18-5-3-4-15(8-18)24(28)26-12-16-9-20(27)22(10-17(16)13-26)31-19-6-7-21-23(11-19)30-14-29-21/h3-8,11,16-17,20,22,27H,9-10,12-14H2,1-2H3/t16-,17+,20+,22+/m0/s1. The van der Waals surface area contributed by atoms with Gasteiger partial charge in [0.2, 0.25) is 6.79 Å². The third-order valence-electron chi connectivity index (χ3n) is 6.61. The number of aliphatic hydroxyl groups is 1. The molecule has 4 atom stereocenters. The van der Waals surface area contributed by atoms with Crippen molar-refractivity contribution in [2.45, 2.75) is 25.0 Å². The summed E-state index contributed by atoms with van der Waals surface area (Å²) in [6.07, 6.45) is 0.510. The average Bonchev–Trinajstić information content (AvgIpc) is 3.39. The van der Waals surface area contributed by atoms with Crippen LogP contribution in [0.4, 0.5) is 5.69 Å². The molecule has 0 unspecified atom stereocenters. The fourth-order valence-corrected chi connectivity index (χ4v) is 4.91. The summed E-state index contributed by atoms with van der Waals surface area (Å²) >= 11 is 0. The maximum atomic E-state index is 13.1. The molecule has 7 nitrogen and oxygen atoms in total. The van der Waals surface area contributed by atoms with Gasteiger partial charge in [-0.3, -0.25) is 4.79 Å². The quantitative estimate of drug-likeness (QED) is 0.814. The number of amides is 1. The lowest BCUT2D eigenvalue weighted by Gasteiger charge is -2.35. The summed E-state index contributed by atoms with van der Waals surface area (Å²) in [5.74, 6) is 2.72. The van der Waals surface area contributed by atoms with Crippen LogP contribution in [0.2, 0.25) is 0 Å². The maximum Gasteiger partial charge on any atom is 0.253 e. The van der Waals surface area contributed by atoms with Crippen LogP contribution in [0.5, 0.6) is 17.2 Å². The Morgan fingerprint density at radius 3 is 2.65 bits per heavy atom. The van der Waals surface area contributed by atoms with Crippen molar-refractivity contribution in [3.63, 3.8) is 0 Å². The van der Waals surface area contributed by atoms with Crippen LogP contribution in [0, 0.1) is 11.8 Å². The Labute approximate surface area is 182 Å². The lowest BCUT2D eigenvalue weighted by Crippen LogP contribution is -2.42. The van der Waals surface area contributed by atoms with Gasteiger partial charge < -0.3 is 29.1 Å². The molecule has 7 heteroatoms. The van der Waals surface area contributed by atoms with E-state index in [9.17, 15) is 9.90 Å². The molecule has 2 fully saturated rings. The molecule has 0 spiro atoms. The summed E-state index contributed by atoms with van der Waals surface area (Å²) in [6.45, 7) is 1.60. The molecule has 0 aromatic heterocycles. The number of carbonyl (C=O) groups is 1. The fourth-order valence-electron chi connectivity index (χ4n) is 4.91. The number of fused-ring (bicyclic) bond motifs is 2. The van der Waals surface area contributed by atoms with Crippen molar-refractivity contribution in [1.82, 2.24) is 4.90 Å². The summed E-state index contributed by atoms with van der Waals surface area (Å²) in [4.78, 5) is 17.0. The fraction of sp³-hybridized carbons (Fsp3) is 0.458. The third kappa shape index (κ3) is 3.90. The summed E-state index contributed by atoms with van der Waals surface area (Å²) in [7, 11) is 3.94. The van der Waals surface area contributed by atoms with Gasteiger partial charge >= 0.3 is 0 Å². The highest BCUT2D eigenvalue weighted by molar-refractivity contribution is 5.95. The first-order chi connectivity index (χ1) is 15.0. The highest BCUT2D eigenvalue weighted by atomic mass is 16.7. The molecule has 2 aliphatic heterocycles. The Hall–Kier alpha value is -2.93. The van der Waals surface area contributed by atoms with Gasteiger partial charge in [-0.2, -0.15) is 0 Å². The average molecular weight is 424 g/mol. The summed E-state index contributed by atoms with van der Waals surface area (Å²) < 4.78 is 16.9. The van der Waals surface area contributed by atoms with Gasteiger partial charge in [-0.25, -0.2) is 0 Å². The topological polar surface area (TPSA) is 71.5 Å². The first-order valence-electron chi connectivity index (χ1n) is 10.8.